The predicted octanol–water partition coefficient (Wildman–Crippen LogP) is 0.0369. The smallest absolute Gasteiger partial charge is 0.201 e. The molecule has 0 saturated carbocycles. The number of oxime groups is 1. The summed E-state index contributed by atoms with van der Waals surface area (Å²) in [6.07, 6.45) is 6.95. The molecule has 0 aromatic rings. The number of hydrogen-bond donors (Lipinski definition) is 3. The van der Waals surface area contributed by atoms with Crippen LogP contribution in [-0.2, 0) is 4.79 Å². The number of carbonyl (C=O) groups excluding carboxylic acids is 1. The molecule has 0 saturated heterocycles. The number of Topliss-reactive ketones (excluding diaryl/α,β-unsaturated/α-hetero) is 1. The van der Waals surface area contributed by atoms with Gasteiger partial charge in [0.15, 0.2) is 0 Å². The average molecular weight is 209 g/mol. The average Bonchev–Trinajstić information content (AvgIpc) is 2.29. The largest absolute Gasteiger partial charge is 0.411 e. The minimum Gasteiger partial charge on any atom is -0.411 e. The number of allylic oxidation sites excluding steroid dienone is 1. The SMILES string of the molecule is CNC1=CCC(NC)(C(=O)C=NO)C=C1. The van der Waals surface area contributed by atoms with Crippen LogP contribution in [0.2, 0.25) is 0 Å². The lowest BCUT2D eigenvalue weighted by molar-refractivity contribution is -0.116. The predicted molar refractivity (Wildman–Crippen MR) is 58.0 cm³/mol. The second kappa shape index (κ2) is 4.75. The van der Waals surface area contributed by atoms with E-state index in [1.54, 1.807) is 13.1 Å². The molecular formula is C10H15N3O2. The van der Waals surface area contributed by atoms with Crippen molar-refractivity contribution in [2.75, 3.05) is 14.1 Å². The molecule has 0 aromatic heterocycles. The second-order valence-corrected chi connectivity index (χ2v) is 3.28. The Morgan fingerprint density at radius 2 is 2.40 bits per heavy atom. The molecule has 82 valence electrons. The molecule has 3 N–H and O–H groups in total. The van der Waals surface area contributed by atoms with Crippen molar-refractivity contribution in [1.82, 2.24) is 10.6 Å². The summed E-state index contributed by atoms with van der Waals surface area (Å²) in [5, 5.41) is 17.0. The van der Waals surface area contributed by atoms with Crippen LogP contribution in [0.5, 0.6) is 0 Å². The molecule has 0 spiro atoms. The first-order valence-electron chi connectivity index (χ1n) is 4.66. The topological polar surface area (TPSA) is 73.7 Å². The monoisotopic (exact) mass is 209 g/mol. The fourth-order valence-electron chi connectivity index (χ4n) is 1.48. The highest BCUT2D eigenvalue weighted by atomic mass is 16.4. The van der Waals surface area contributed by atoms with Crippen molar-refractivity contribution in [2.45, 2.75) is 12.0 Å². The zero-order valence-corrected chi connectivity index (χ0v) is 8.82. The van der Waals surface area contributed by atoms with Crippen LogP contribution >= 0.6 is 0 Å². The van der Waals surface area contributed by atoms with Gasteiger partial charge in [-0.1, -0.05) is 17.3 Å². The lowest BCUT2D eigenvalue weighted by Gasteiger charge is -2.28. The fourth-order valence-corrected chi connectivity index (χ4v) is 1.48. The number of nitrogens with zero attached hydrogens (tertiary/aromatic N) is 1. The van der Waals surface area contributed by atoms with E-state index >= 15 is 0 Å². The van der Waals surface area contributed by atoms with Crippen molar-refractivity contribution in [3.63, 3.8) is 0 Å². The summed E-state index contributed by atoms with van der Waals surface area (Å²) in [4.78, 5) is 11.7. The Morgan fingerprint density at radius 3 is 2.80 bits per heavy atom. The van der Waals surface area contributed by atoms with E-state index in [2.05, 4.69) is 15.8 Å². The van der Waals surface area contributed by atoms with E-state index in [0.29, 0.717) is 6.42 Å². The fraction of sp³-hybridized carbons (Fsp3) is 0.400. The first-order valence-corrected chi connectivity index (χ1v) is 4.66. The molecule has 0 aliphatic heterocycles. The summed E-state index contributed by atoms with van der Waals surface area (Å²) in [6, 6.07) is 0. The van der Waals surface area contributed by atoms with Gasteiger partial charge in [0, 0.05) is 12.7 Å². The Kier molecular flexibility index (Phi) is 3.62. The quantitative estimate of drug-likeness (QED) is 0.347. The summed E-state index contributed by atoms with van der Waals surface area (Å²) in [5.41, 5.74) is 0.182. The summed E-state index contributed by atoms with van der Waals surface area (Å²) >= 11 is 0. The van der Waals surface area contributed by atoms with Gasteiger partial charge in [-0.3, -0.25) is 4.79 Å². The maximum absolute atomic E-state index is 11.7. The van der Waals surface area contributed by atoms with Crippen LogP contribution < -0.4 is 10.6 Å². The van der Waals surface area contributed by atoms with Crippen LogP contribution in [0.1, 0.15) is 6.42 Å². The Morgan fingerprint density at radius 1 is 1.67 bits per heavy atom. The second-order valence-electron chi connectivity index (χ2n) is 3.28. The van der Waals surface area contributed by atoms with E-state index in [4.69, 9.17) is 5.21 Å². The van der Waals surface area contributed by atoms with Crippen molar-refractivity contribution < 1.29 is 10.0 Å². The summed E-state index contributed by atoms with van der Waals surface area (Å²) in [6.45, 7) is 0. The molecule has 0 fully saturated rings. The van der Waals surface area contributed by atoms with E-state index in [9.17, 15) is 4.79 Å². The lowest BCUT2D eigenvalue weighted by Crippen LogP contribution is -2.50. The van der Waals surface area contributed by atoms with Crippen molar-refractivity contribution in [3.05, 3.63) is 23.9 Å². The molecule has 1 aliphatic rings. The first kappa shape index (κ1) is 11.5. The normalized spacial score (nSPS) is 25.3. The summed E-state index contributed by atoms with van der Waals surface area (Å²) < 4.78 is 0. The Labute approximate surface area is 88.5 Å². The minimum absolute atomic E-state index is 0.268. The van der Waals surface area contributed by atoms with E-state index in [0.717, 1.165) is 11.9 Å². The van der Waals surface area contributed by atoms with Gasteiger partial charge in [0.05, 0.1) is 0 Å². The molecule has 5 heteroatoms. The van der Waals surface area contributed by atoms with E-state index in [1.807, 2.05) is 19.2 Å². The Balaban J connectivity index is 2.88. The highest BCUT2D eigenvalue weighted by molar-refractivity contribution is 6.32. The van der Waals surface area contributed by atoms with Gasteiger partial charge < -0.3 is 15.8 Å². The molecule has 15 heavy (non-hydrogen) atoms. The van der Waals surface area contributed by atoms with E-state index < -0.39 is 5.54 Å². The van der Waals surface area contributed by atoms with Crippen LogP contribution in [0, 0.1) is 0 Å². The van der Waals surface area contributed by atoms with Crippen LogP contribution in [0.4, 0.5) is 0 Å². The molecular weight excluding hydrogens is 194 g/mol. The minimum atomic E-state index is -0.785. The maximum atomic E-state index is 11.7. The summed E-state index contributed by atoms with van der Waals surface area (Å²) in [7, 11) is 3.52. The zero-order valence-electron chi connectivity index (χ0n) is 8.82. The van der Waals surface area contributed by atoms with Crippen molar-refractivity contribution in [1.29, 1.82) is 0 Å². The van der Waals surface area contributed by atoms with Crippen LogP contribution in [0.25, 0.3) is 0 Å². The van der Waals surface area contributed by atoms with E-state index in [1.165, 1.54) is 0 Å². The van der Waals surface area contributed by atoms with Gasteiger partial charge in [0.25, 0.3) is 0 Å². The molecule has 5 nitrogen and oxygen atoms in total. The van der Waals surface area contributed by atoms with Crippen LogP contribution in [0.15, 0.2) is 29.1 Å². The van der Waals surface area contributed by atoms with Crippen molar-refractivity contribution in [2.24, 2.45) is 5.16 Å². The number of nitrogens with one attached hydrogen (secondary N) is 2. The molecule has 0 amide bonds. The van der Waals surface area contributed by atoms with Gasteiger partial charge in [-0.05, 0) is 19.5 Å². The number of hydrogen-bond acceptors (Lipinski definition) is 5. The number of likely N-dealkylation sites (N-methyl/N-ethyl adjacent to an activating group) is 2. The lowest BCUT2D eigenvalue weighted by atomic mass is 9.86. The highest BCUT2D eigenvalue weighted by Gasteiger charge is 2.33. The van der Waals surface area contributed by atoms with Gasteiger partial charge in [-0.15, -0.1) is 0 Å². The molecule has 0 bridgehead atoms. The number of rotatable bonds is 4. The molecule has 0 heterocycles. The third kappa shape index (κ3) is 2.24. The number of ketones is 1. The van der Waals surface area contributed by atoms with Gasteiger partial charge >= 0.3 is 0 Å². The molecule has 0 radical (unpaired) electrons. The van der Waals surface area contributed by atoms with Crippen molar-refractivity contribution in [3.8, 4) is 0 Å². The van der Waals surface area contributed by atoms with Gasteiger partial charge in [0.1, 0.15) is 11.8 Å². The first-order chi connectivity index (χ1) is 7.18. The van der Waals surface area contributed by atoms with E-state index in [-0.39, 0.29) is 5.78 Å². The van der Waals surface area contributed by atoms with Crippen LogP contribution in [-0.4, -0.2) is 36.8 Å². The Bertz CT molecular complexity index is 334. The third-order valence-electron chi connectivity index (χ3n) is 2.54. The standard InChI is InChI=1S/C10H15N3O2/c1-11-8-3-5-10(12-2,6-4-8)9(14)7-13-15/h3-5,7,11-12,15H,6H2,1-2H3. The zero-order chi connectivity index (χ0) is 11.3. The van der Waals surface area contributed by atoms with Gasteiger partial charge in [-0.25, -0.2) is 0 Å². The molecule has 0 aromatic carbocycles. The van der Waals surface area contributed by atoms with Crippen molar-refractivity contribution >= 4 is 12.0 Å². The van der Waals surface area contributed by atoms with Gasteiger partial charge in [-0.2, -0.15) is 0 Å². The highest BCUT2D eigenvalue weighted by Crippen LogP contribution is 2.20. The molecule has 1 aliphatic carbocycles. The number of carbonyl (C=O) groups is 1. The molecule has 1 atom stereocenters. The van der Waals surface area contributed by atoms with Crippen LogP contribution in [0.3, 0.4) is 0 Å². The third-order valence-corrected chi connectivity index (χ3v) is 2.54. The summed E-state index contributed by atoms with van der Waals surface area (Å²) in [5.74, 6) is -0.268. The maximum Gasteiger partial charge on any atom is 0.201 e. The molecule has 1 rings (SSSR count). The van der Waals surface area contributed by atoms with Gasteiger partial charge in [0.2, 0.25) is 5.78 Å². The molecule has 1 unspecified atom stereocenters. The Hall–Kier alpha value is -1.62.